The molecular weight excluding hydrogens is 266 g/mol. The second-order valence-electron chi connectivity index (χ2n) is 5.89. The summed E-state index contributed by atoms with van der Waals surface area (Å²) in [6.07, 6.45) is 1.12. The van der Waals surface area contributed by atoms with Crippen LogP contribution in [0.5, 0.6) is 0 Å². The van der Waals surface area contributed by atoms with Gasteiger partial charge in [0.2, 0.25) is 0 Å². The molecule has 0 bridgehead atoms. The lowest BCUT2D eigenvalue weighted by Crippen LogP contribution is -2.16. The van der Waals surface area contributed by atoms with Crippen LogP contribution in [0.3, 0.4) is 0 Å². The SMILES string of the molecule is CCC(C)(C)c1ccc(C(N)c2ccc(Cl)cc2)cc1. The van der Waals surface area contributed by atoms with Crippen molar-refractivity contribution in [3.63, 3.8) is 0 Å². The van der Waals surface area contributed by atoms with Crippen molar-refractivity contribution < 1.29 is 0 Å². The second-order valence-corrected chi connectivity index (χ2v) is 6.33. The molecule has 1 nitrogen and oxygen atoms in total. The lowest BCUT2D eigenvalue weighted by molar-refractivity contribution is 0.506. The Labute approximate surface area is 126 Å². The molecule has 0 radical (unpaired) electrons. The van der Waals surface area contributed by atoms with E-state index in [9.17, 15) is 0 Å². The van der Waals surface area contributed by atoms with Gasteiger partial charge in [0.25, 0.3) is 0 Å². The molecule has 0 saturated carbocycles. The van der Waals surface area contributed by atoms with Crippen LogP contribution in [0.4, 0.5) is 0 Å². The minimum Gasteiger partial charge on any atom is -0.320 e. The predicted molar refractivity (Wildman–Crippen MR) is 87.2 cm³/mol. The van der Waals surface area contributed by atoms with Gasteiger partial charge in [-0.3, -0.25) is 0 Å². The Balaban J connectivity index is 2.23. The topological polar surface area (TPSA) is 26.0 Å². The van der Waals surface area contributed by atoms with Gasteiger partial charge in [-0.05, 0) is 40.7 Å². The predicted octanol–water partition coefficient (Wildman–Crippen LogP) is 5.08. The third-order valence-corrected chi connectivity index (χ3v) is 4.42. The van der Waals surface area contributed by atoms with Gasteiger partial charge in [0.1, 0.15) is 0 Å². The maximum absolute atomic E-state index is 6.31. The second kappa shape index (κ2) is 5.99. The fourth-order valence-corrected chi connectivity index (χ4v) is 2.33. The van der Waals surface area contributed by atoms with Gasteiger partial charge in [-0.25, -0.2) is 0 Å². The highest BCUT2D eigenvalue weighted by Gasteiger charge is 2.18. The standard InChI is InChI=1S/C18H22ClN/c1-4-18(2,3)15-9-5-13(6-10-15)17(20)14-7-11-16(19)12-8-14/h5-12,17H,4,20H2,1-3H3. The van der Waals surface area contributed by atoms with Crippen LogP contribution in [-0.4, -0.2) is 0 Å². The van der Waals surface area contributed by atoms with Gasteiger partial charge in [-0.2, -0.15) is 0 Å². The van der Waals surface area contributed by atoms with Gasteiger partial charge in [0, 0.05) is 5.02 Å². The maximum atomic E-state index is 6.31. The van der Waals surface area contributed by atoms with E-state index in [0.29, 0.717) is 0 Å². The Morgan fingerprint density at radius 2 is 1.40 bits per heavy atom. The first-order valence-electron chi connectivity index (χ1n) is 7.05. The summed E-state index contributed by atoms with van der Waals surface area (Å²) in [5, 5.41) is 0.737. The molecule has 2 aromatic carbocycles. The van der Waals surface area contributed by atoms with Crippen molar-refractivity contribution in [2.45, 2.75) is 38.6 Å². The summed E-state index contributed by atoms with van der Waals surface area (Å²) in [4.78, 5) is 0. The van der Waals surface area contributed by atoms with Crippen LogP contribution in [-0.2, 0) is 5.41 Å². The zero-order chi connectivity index (χ0) is 14.8. The average Bonchev–Trinajstić information content (AvgIpc) is 2.47. The molecule has 1 unspecified atom stereocenters. The van der Waals surface area contributed by atoms with Crippen molar-refractivity contribution >= 4 is 11.6 Å². The lowest BCUT2D eigenvalue weighted by atomic mass is 9.81. The summed E-state index contributed by atoms with van der Waals surface area (Å²) < 4.78 is 0. The number of rotatable bonds is 4. The van der Waals surface area contributed by atoms with E-state index in [1.165, 1.54) is 5.56 Å². The van der Waals surface area contributed by atoms with E-state index < -0.39 is 0 Å². The molecule has 20 heavy (non-hydrogen) atoms. The highest BCUT2D eigenvalue weighted by Crippen LogP contribution is 2.28. The van der Waals surface area contributed by atoms with E-state index in [1.807, 2.05) is 24.3 Å². The van der Waals surface area contributed by atoms with Gasteiger partial charge < -0.3 is 5.73 Å². The summed E-state index contributed by atoms with van der Waals surface area (Å²) in [7, 11) is 0. The molecule has 0 spiro atoms. The van der Waals surface area contributed by atoms with Crippen molar-refractivity contribution in [1.82, 2.24) is 0 Å². The van der Waals surface area contributed by atoms with Gasteiger partial charge in [0.05, 0.1) is 6.04 Å². The Kier molecular flexibility index (Phi) is 4.52. The lowest BCUT2D eigenvalue weighted by Gasteiger charge is -2.24. The largest absolute Gasteiger partial charge is 0.320 e. The number of hydrogen-bond donors (Lipinski definition) is 1. The molecule has 2 rings (SSSR count). The zero-order valence-corrected chi connectivity index (χ0v) is 13.1. The van der Waals surface area contributed by atoms with Crippen LogP contribution in [0.2, 0.25) is 5.02 Å². The van der Waals surface area contributed by atoms with E-state index in [2.05, 4.69) is 45.0 Å². The monoisotopic (exact) mass is 287 g/mol. The van der Waals surface area contributed by atoms with Crippen LogP contribution >= 0.6 is 11.6 Å². The summed E-state index contributed by atoms with van der Waals surface area (Å²) in [6.45, 7) is 6.75. The smallest absolute Gasteiger partial charge is 0.0551 e. The molecule has 0 aromatic heterocycles. The minimum atomic E-state index is -0.106. The number of halogens is 1. The maximum Gasteiger partial charge on any atom is 0.0551 e. The molecule has 1 atom stereocenters. The van der Waals surface area contributed by atoms with Crippen LogP contribution in [0.25, 0.3) is 0 Å². The molecule has 0 heterocycles. The molecule has 0 amide bonds. The normalized spacial score (nSPS) is 13.2. The summed E-state index contributed by atoms with van der Waals surface area (Å²) in [5.74, 6) is 0. The van der Waals surface area contributed by atoms with E-state index in [1.54, 1.807) is 0 Å². The molecule has 0 saturated heterocycles. The van der Waals surface area contributed by atoms with E-state index in [0.717, 1.165) is 22.6 Å². The minimum absolute atomic E-state index is 0.106. The first-order chi connectivity index (χ1) is 9.44. The van der Waals surface area contributed by atoms with E-state index in [-0.39, 0.29) is 11.5 Å². The molecule has 2 N–H and O–H groups in total. The molecule has 0 fully saturated rings. The van der Waals surface area contributed by atoms with E-state index >= 15 is 0 Å². The molecular formula is C18H22ClN. The van der Waals surface area contributed by atoms with Gasteiger partial charge in [-0.1, -0.05) is 68.8 Å². The molecule has 2 heteroatoms. The third kappa shape index (κ3) is 3.23. The number of benzene rings is 2. The first kappa shape index (κ1) is 15.1. The fraction of sp³-hybridized carbons (Fsp3) is 0.333. The summed E-state index contributed by atoms with van der Waals surface area (Å²) in [5.41, 5.74) is 10.1. The molecule has 0 aliphatic heterocycles. The number of nitrogens with two attached hydrogens (primary N) is 1. The molecule has 0 aliphatic rings. The summed E-state index contributed by atoms with van der Waals surface area (Å²) >= 11 is 5.91. The van der Waals surface area contributed by atoms with E-state index in [4.69, 9.17) is 17.3 Å². The van der Waals surface area contributed by atoms with Crippen LogP contribution in [0, 0.1) is 0 Å². The van der Waals surface area contributed by atoms with Crippen molar-refractivity contribution in [2.75, 3.05) is 0 Å². The van der Waals surface area contributed by atoms with Crippen molar-refractivity contribution in [2.24, 2.45) is 5.73 Å². The highest BCUT2D eigenvalue weighted by atomic mass is 35.5. The Morgan fingerprint density at radius 1 is 0.950 bits per heavy atom. The summed E-state index contributed by atoms with van der Waals surface area (Å²) in [6, 6.07) is 16.3. The Bertz CT molecular complexity index is 555. The highest BCUT2D eigenvalue weighted by molar-refractivity contribution is 6.30. The van der Waals surface area contributed by atoms with Crippen LogP contribution in [0.15, 0.2) is 48.5 Å². The zero-order valence-electron chi connectivity index (χ0n) is 12.4. The van der Waals surface area contributed by atoms with Gasteiger partial charge in [-0.15, -0.1) is 0 Å². The average molecular weight is 288 g/mol. The van der Waals surface area contributed by atoms with Crippen molar-refractivity contribution in [1.29, 1.82) is 0 Å². The number of hydrogen-bond acceptors (Lipinski definition) is 1. The molecule has 106 valence electrons. The fourth-order valence-electron chi connectivity index (χ4n) is 2.21. The van der Waals surface area contributed by atoms with Crippen LogP contribution < -0.4 is 5.73 Å². The quantitative estimate of drug-likeness (QED) is 0.834. The Hall–Kier alpha value is -1.31. The Morgan fingerprint density at radius 3 is 1.85 bits per heavy atom. The van der Waals surface area contributed by atoms with Crippen molar-refractivity contribution in [3.05, 3.63) is 70.2 Å². The van der Waals surface area contributed by atoms with Gasteiger partial charge >= 0.3 is 0 Å². The molecule has 0 aliphatic carbocycles. The molecule has 2 aromatic rings. The first-order valence-corrected chi connectivity index (χ1v) is 7.43. The third-order valence-electron chi connectivity index (χ3n) is 4.16. The van der Waals surface area contributed by atoms with Crippen molar-refractivity contribution in [3.8, 4) is 0 Å². The van der Waals surface area contributed by atoms with Gasteiger partial charge in [0.15, 0.2) is 0 Å². The van der Waals surface area contributed by atoms with Crippen LogP contribution in [0.1, 0.15) is 49.9 Å².